The lowest BCUT2D eigenvalue weighted by Crippen LogP contribution is -2.30. The number of thiazole rings is 1. The first-order chi connectivity index (χ1) is 7.51. The van der Waals surface area contributed by atoms with Crippen molar-refractivity contribution in [2.45, 2.75) is 31.8 Å². The van der Waals surface area contributed by atoms with Gasteiger partial charge in [0.1, 0.15) is 10.6 Å². The highest BCUT2D eigenvalue weighted by Crippen LogP contribution is 2.43. The molecule has 0 radical (unpaired) electrons. The van der Waals surface area contributed by atoms with Crippen LogP contribution in [0.4, 0.5) is 0 Å². The Balaban J connectivity index is 2.12. The SMILES string of the molecule is C[C@](O)(c1nccs1)[C@H]1CC[C@@H](C(=O)O)C1. The van der Waals surface area contributed by atoms with Gasteiger partial charge in [0.2, 0.25) is 0 Å². The zero-order valence-corrected chi connectivity index (χ0v) is 9.91. The summed E-state index contributed by atoms with van der Waals surface area (Å²) in [6.45, 7) is 1.74. The maximum Gasteiger partial charge on any atom is 0.306 e. The highest BCUT2D eigenvalue weighted by Gasteiger charge is 2.42. The number of nitrogens with zero attached hydrogens (tertiary/aromatic N) is 1. The van der Waals surface area contributed by atoms with Crippen molar-refractivity contribution in [3.63, 3.8) is 0 Å². The number of hydrogen-bond acceptors (Lipinski definition) is 4. The number of carboxylic acids is 1. The van der Waals surface area contributed by atoms with Crippen molar-refractivity contribution < 1.29 is 15.0 Å². The molecule has 1 fully saturated rings. The summed E-state index contributed by atoms with van der Waals surface area (Å²) in [6.07, 6.45) is 3.62. The molecule has 2 N–H and O–H groups in total. The lowest BCUT2D eigenvalue weighted by atomic mass is 9.87. The van der Waals surface area contributed by atoms with Crippen LogP contribution in [0.3, 0.4) is 0 Å². The van der Waals surface area contributed by atoms with Crippen LogP contribution in [0.1, 0.15) is 31.2 Å². The Labute approximate surface area is 98.0 Å². The summed E-state index contributed by atoms with van der Waals surface area (Å²) in [5, 5.41) is 21.9. The smallest absolute Gasteiger partial charge is 0.306 e. The van der Waals surface area contributed by atoms with Gasteiger partial charge >= 0.3 is 5.97 Å². The van der Waals surface area contributed by atoms with E-state index in [-0.39, 0.29) is 11.8 Å². The maximum atomic E-state index is 10.9. The summed E-state index contributed by atoms with van der Waals surface area (Å²) in [5.41, 5.74) is -0.988. The van der Waals surface area contributed by atoms with Crippen LogP contribution < -0.4 is 0 Å². The Morgan fingerprint density at radius 3 is 2.88 bits per heavy atom. The third kappa shape index (κ3) is 1.97. The molecule has 0 aliphatic heterocycles. The highest BCUT2D eigenvalue weighted by atomic mass is 32.1. The van der Waals surface area contributed by atoms with Crippen LogP contribution >= 0.6 is 11.3 Å². The largest absolute Gasteiger partial charge is 0.481 e. The van der Waals surface area contributed by atoms with E-state index in [1.807, 2.05) is 5.38 Å². The Kier molecular flexibility index (Phi) is 2.99. The van der Waals surface area contributed by atoms with Gasteiger partial charge in [0, 0.05) is 11.6 Å². The maximum absolute atomic E-state index is 10.9. The van der Waals surface area contributed by atoms with Gasteiger partial charge < -0.3 is 10.2 Å². The third-order valence-corrected chi connectivity index (χ3v) is 4.44. The van der Waals surface area contributed by atoms with E-state index in [0.29, 0.717) is 17.8 Å². The molecular formula is C11H15NO3S. The van der Waals surface area contributed by atoms with Gasteiger partial charge in [-0.25, -0.2) is 4.98 Å². The molecule has 1 aliphatic carbocycles. The van der Waals surface area contributed by atoms with Crippen molar-refractivity contribution in [2.24, 2.45) is 11.8 Å². The van der Waals surface area contributed by atoms with Gasteiger partial charge in [0.15, 0.2) is 0 Å². The van der Waals surface area contributed by atoms with E-state index in [1.165, 1.54) is 11.3 Å². The minimum Gasteiger partial charge on any atom is -0.481 e. The summed E-state index contributed by atoms with van der Waals surface area (Å²) in [6, 6.07) is 0. The average Bonchev–Trinajstić information content (AvgIpc) is 2.90. The fraction of sp³-hybridized carbons (Fsp3) is 0.636. The van der Waals surface area contributed by atoms with Crippen molar-refractivity contribution in [1.82, 2.24) is 4.98 Å². The lowest BCUT2D eigenvalue weighted by Gasteiger charge is -2.27. The van der Waals surface area contributed by atoms with Gasteiger partial charge in [-0.3, -0.25) is 4.79 Å². The Bertz CT molecular complexity index is 375. The van der Waals surface area contributed by atoms with E-state index >= 15 is 0 Å². The van der Waals surface area contributed by atoms with Crippen molar-refractivity contribution in [2.75, 3.05) is 0 Å². The zero-order chi connectivity index (χ0) is 11.8. The molecule has 1 aromatic rings. The summed E-state index contributed by atoms with van der Waals surface area (Å²) >= 11 is 1.42. The van der Waals surface area contributed by atoms with Gasteiger partial charge in [-0.05, 0) is 32.1 Å². The second-order valence-corrected chi connectivity index (χ2v) is 5.42. The monoisotopic (exact) mass is 241 g/mol. The van der Waals surface area contributed by atoms with Crippen LogP contribution in [-0.2, 0) is 10.4 Å². The predicted octanol–water partition coefficient (Wildman–Crippen LogP) is 1.85. The van der Waals surface area contributed by atoms with E-state index in [1.54, 1.807) is 13.1 Å². The molecule has 4 nitrogen and oxygen atoms in total. The number of carboxylic acid groups (broad SMARTS) is 1. The number of hydrogen-bond donors (Lipinski definition) is 2. The van der Waals surface area contributed by atoms with E-state index in [0.717, 1.165) is 6.42 Å². The molecule has 1 saturated carbocycles. The minimum atomic E-state index is -0.988. The molecule has 5 heteroatoms. The molecule has 1 aromatic heterocycles. The summed E-state index contributed by atoms with van der Waals surface area (Å²) in [7, 11) is 0. The topological polar surface area (TPSA) is 70.4 Å². The number of carbonyl (C=O) groups is 1. The van der Waals surface area contributed by atoms with E-state index in [9.17, 15) is 9.90 Å². The number of aliphatic carboxylic acids is 1. The second-order valence-electron chi connectivity index (χ2n) is 4.53. The molecule has 0 unspecified atom stereocenters. The first-order valence-corrected chi connectivity index (χ1v) is 6.25. The molecule has 0 amide bonds. The van der Waals surface area contributed by atoms with Crippen LogP contribution in [0.25, 0.3) is 0 Å². The summed E-state index contributed by atoms with van der Waals surface area (Å²) in [5.74, 6) is -1.06. The standard InChI is InChI=1S/C11H15NO3S/c1-11(15,10-12-4-5-16-10)8-3-2-7(6-8)9(13)14/h4-5,7-8,15H,2-3,6H2,1H3,(H,13,14)/t7-,8+,11-/m1/s1. The predicted molar refractivity (Wildman–Crippen MR) is 60.2 cm³/mol. The quantitative estimate of drug-likeness (QED) is 0.847. The zero-order valence-electron chi connectivity index (χ0n) is 9.09. The van der Waals surface area contributed by atoms with Crippen LogP contribution in [0.2, 0.25) is 0 Å². The van der Waals surface area contributed by atoms with E-state index < -0.39 is 11.6 Å². The van der Waals surface area contributed by atoms with Crippen LogP contribution in [0.5, 0.6) is 0 Å². The van der Waals surface area contributed by atoms with Crippen molar-refractivity contribution >= 4 is 17.3 Å². The number of rotatable bonds is 3. The first kappa shape index (κ1) is 11.5. The Morgan fingerprint density at radius 2 is 2.38 bits per heavy atom. The van der Waals surface area contributed by atoms with Crippen molar-refractivity contribution in [3.05, 3.63) is 16.6 Å². The molecule has 0 aromatic carbocycles. The van der Waals surface area contributed by atoms with Gasteiger partial charge in [-0.15, -0.1) is 11.3 Å². The lowest BCUT2D eigenvalue weighted by molar-refractivity contribution is -0.141. The summed E-state index contributed by atoms with van der Waals surface area (Å²) < 4.78 is 0. The number of aliphatic hydroxyl groups is 1. The molecular weight excluding hydrogens is 226 g/mol. The highest BCUT2D eigenvalue weighted by molar-refractivity contribution is 7.09. The Morgan fingerprint density at radius 1 is 1.62 bits per heavy atom. The average molecular weight is 241 g/mol. The van der Waals surface area contributed by atoms with Gasteiger partial charge in [-0.2, -0.15) is 0 Å². The molecule has 0 bridgehead atoms. The minimum absolute atomic E-state index is 0.000231. The second kappa shape index (κ2) is 4.14. The molecule has 2 rings (SSSR count). The normalized spacial score (nSPS) is 28.9. The van der Waals surface area contributed by atoms with E-state index in [2.05, 4.69) is 4.98 Å². The van der Waals surface area contributed by atoms with Crippen LogP contribution in [-0.4, -0.2) is 21.2 Å². The molecule has 0 spiro atoms. The Hall–Kier alpha value is -0.940. The van der Waals surface area contributed by atoms with Crippen molar-refractivity contribution in [3.8, 4) is 0 Å². The molecule has 16 heavy (non-hydrogen) atoms. The van der Waals surface area contributed by atoms with Gasteiger partial charge in [-0.1, -0.05) is 0 Å². The molecule has 1 aliphatic rings. The summed E-state index contributed by atoms with van der Waals surface area (Å²) in [4.78, 5) is 15.0. The third-order valence-electron chi connectivity index (χ3n) is 3.44. The van der Waals surface area contributed by atoms with Crippen LogP contribution in [0, 0.1) is 11.8 Å². The van der Waals surface area contributed by atoms with Crippen LogP contribution in [0.15, 0.2) is 11.6 Å². The van der Waals surface area contributed by atoms with E-state index in [4.69, 9.17) is 5.11 Å². The van der Waals surface area contributed by atoms with Gasteiger partial charge in [0.25, 0.3) is 0 Å². The fourth-order valence-corrected chi connectivity index (χ4v) is 3.14. The van der Waals surface area contributed by atoms with Gasteiger partial charge in [0.05, 0.1) is 5.92 Å². The van der Waals surface area contributed by atoms with Crippen molar-refractivity contribution in [1.29, 1.82) is 0 Å². The molecule has 3 atom stereocenters. The molecule has 1 heterocycles. The number of aromatic nitrogens is 1. The first-order valence-electron chi connectivity index (χ1n) is 5.37. The molecule has 88 valence electrons. The fourth-order valence-electron chi connectivity index (χ4n) is 2.36. The molecule has 0 saturated heterocycles.